The van der Waals surface area contributed by atoms with Gasteiger partial charge in [0.15, 0.2) is 0 Å². The average molecular weight is 277 g/mol. The van der Waals surface area contributed by atoms with Gasteiger partial charge in [-0.25, -0.2) is 0 Å². The Labute approximate surface area is 130 Å². The molecule has 1 aromatic rings. The second-order valence-corrected chi connectivity index (χ2v) is 6.30. The van der Waals surface area contributed by atoms with Crippen molar-refractivity contribution in [2.45, 2.75) is 51.2 Å². The zero-order chi connectivity index (χ0) is 20.2. The van der Waals surface area contributed by atoms with Crippen LogP contribution in [0.2, 0.25) is 0 Å². The third-order valence-electron chi connectivity index (χ3n) is 5.38. The van der Waals surface area contributed by atoms with Crippen LogP contribution in [-0.2, 0) is 11.2 Å². The molecule has 106 valence electrons. The van der Waals surface area contributed by atoms with Crippen molar-refractivity contribution in [2.75, 3.05) is 0 Å². The Kier molecular flexibility index (Phi) is 1.45. The topological polar surface area (TPSA) is 37.3 Å². The fourth-order valence-corrected chi connectivity index (χ4v) is 4.15. The predicted molar refractivity (Wildman–Crippen MR) is 77.7 cm³/mol. The third-order valence-corrected chi connectivity index (χ3v) is 5.38. The SMILES string of the molecule is [2H]c1cc2c(c([2H])c1O)C([2H])([2H])C[C@H]1[C@@H]3CC([2H])([2H])C(=O)[C@@]3(C)CC[C@]21[2H]. The van der Waals surface area contributed by atoms with E-state index in [1.54, 1.807) is 6.92 Å². The van der Waals surface area contributed by atoms with Crippen LogP contribution in [-0.4, -0.2) is 10.9 Å². The molecule has 1 N–H and O–H groups in total. The standard InChI is InChI=1S/C18H22O2/c1-18-9-8-14-13-5-3-12(19)10-11(13)2-4-15(14)16(18)6-7-17(18)20/h3,5,10,14-16,19H,2,4,6-9H2,1H3/t14-,15-,16+,18+/m1/s1/i2D2,3D,7D2,10D,14D. The van der Waals surface area contributed by atoms with Gasteiger partial charge in [0.1, 0.15) is 11.5 Å². The highest BCUT2D eigenvalue weighted by atomic mass is 16.3. The van der Waals surface area contributed by atoms with Gasteiger partial charge in [0.2, 0.25) is 0 Å². The predicted octanol–water partition coefficient (Wildman–Crippen LogP) is 3.82. The van der Waals surface area contributed by atoms with Crippen LogP contribution < -0.4 is 0 Å². The number of benzene rings is 1. The summed E-state index contributed by atoms with van der Waals surface area (Å²) in [7, 11) is 0. The lowest BCUT2D eigenvalue weighted by Gasteiger charge is -2.48. The van der Waals surface area contributed by atoms with E-state index in [2.05, 4.69) is 0 Å². The van der Waals surface area contributed by atoms with E-state index in [0.717, 1.165) is 0 Å². The van der Waals surface area contributed by atoms with Crippen LogP contribution in [0, 0.1) is 17.3 Å². The molecule has 2 saturated carbocycles. The summed E-state index contributed by atoms with van der Waals surface area (Å²) >= 11 is 0. The van der Waals surface area contributed by atoms with Gasteiger partial charge >= 0.3 is 0 Å². The van der Waals surface area contributed by atoms with E-state index in [9.17, 15) is 11.3 Å². The maximum absolute atomic E-state index is 12.7. The molecule has 0 radical (unpaired) electrons. The molecule has 0 saturated heterocycles. The minimum atomic E-state index is -2.00. The van der Waals surface area contributed by atoms with Crippen LogP contribution in [0.3, 0.4) is 0 Å². The van der Waals surface area contributed by atoms with Gasteiger partial charge in [-0.2, -0.15) is 0 Å². The van der Waals surface area contributed by atoms with E-state index in [4.69, 9.17) is 8.22 Å². The van der Waals surface area contributed by atoms with Crippen LogP contribution in [0.4, 0.5) is 0 Å². The van der Waals surface area contributed by atoms with Gasteiger partial charge in [-0.1, -0.05) is 13.0 Å². The van der Waals surface area contributed by atoms with Gasteiger partial charge < -0.3 is 5.11 Å². The normalized spacial score (nSPS) is 52.9. The highest BCUT2D eigenvalue weighted by molar-refractivity contribution is 5.87. The lowest BCUT2D eigenvalue weighted by atomic mass is 9.55. The maximum atomic E-state index is 12.7. The highest BCUT2D eigenvalue weighted by Crippen LogP contribution is 2.59. The van der Waals surface area contributed by atoms with Crippen molar-refractivity contribution < 1.29 is 19.5 Å². The Balaban J connectivity index is 1.94. The van der Waals surface area contributed by atoms with Crippen molar-refractivity contribution in [1.29, 1.82) is 0 Å². The number of fused-ring (bicyclic) bond motifs is 5. The molecule has 0 spiro atoms. The molecule has 0 aromatic heterocycles. The summed E-state index contributed by atoms with van der Waals surface area (Å²) in [6.45, 7) is 1.73. The Morgan fingerprint density at radius 3 is 3.15 bits per heavy atom. The first-order valence-corrected chi connectivity index (χ1v) is 7.15. The molecule has 3 aliphatic carbocycles. The van der Waals surface area contributed by atoms with Gasteiger partial charge in [-0.05, 0) is 73.0 Å². The van der Waals surface area contributed by atoms with E-state index in [-0.39, 0.29) is 36.4 Å². The van der Waals surface area contributed by atoms with Crippen molar-refractivity contribution >= 4 is 5.78 Å². The van der Waals surface area contributed by atoms with Crippen molar-refractivity contribution in [3.63, 3.8) is 0 Å². The number of rotatable bonds is 0. The van der Waals surface area contributed by atoms with E-state index in [1.165, 1.54) is 6.07 Å². The average Bonchev–Trinajstić information content (AvgIpc) is 2.74. The highest BCUT2D eigenvalue weighted by Gasteiger charge is 2.54. The summed E-state index contributed by atoms with van der Waals surface area (Å²) in [6, 6.07) is 0.528. The smallest absolute Gasteiger partial charge is 0.139 e. The van der Waals surface area contributed by atoms with Crippen LogP contribution in [0.5, 0.6) is 5.75 Å². The first kappa shape index (κ1) is 7.11. The monoisotopic (exact) mass is 277 g/mol. The fraction of sp³-hybridized carbons (Fsp3) is 0.611. The Morgan fingerprint density at radius 1 is 1.45 bits per heavy atom. The van der Waals surface area contributed by atoms with Crippen molar-refractivity contribution in [2.24, 2.45) is 17.3 Å². The minimum Gasteiger partial charge on any atom is -0.508 e. The van der Waals surface area contributed by atoms with Gasteiger partial charge in [-0.15, -0.1) is 0 Å². The number of carbonyl (C=O) groups is 1. The molecule has 0 bridgehead atoms. The first-order chi connectivity index (χ1) is 12.3. The van der Waals surface area contributed by atoms with Crippen LogP contribution in [0.25, 0.3) is 0 Å². The molecule has 4 atom stereocenters. The quantitative estimate of drug-likeness (QED) is 0.783. The Hall–Kier alpha value is -1.31. The Bertz CT molecular complexity index is 868. The zero-order valence-corrected chi connectivity index (χ0v) is 11.4. The molecule has 0 amide bonds. The van der Waals surface area contributed by atoms with Crippen molar-refractivity contribution in [1.82, 2.24) is 0 Å². The van der Waals surface area contributed by atoms with Gasteiger partial charge in [0.25, 0.3) is 0 Å². The van der Waals surface area contributed by atoms with Gasteiger partial charge in [0, 0.05) is 18.6 Å². The number of aromatic hydroxyl groups is 1. The summed E-state index contributed by atoms with van der Waals surface area (Å²) in [4.78, 5) is 12.7. The van der Waals surface area contributed by atoms with Crippen molar-refractivity contribution in [3.05, 3.63) is 29.3 Å². The lowest BCUT2D eigenvalue weighted by Crippen LogP contribution is -2.42. The second-order valence-electron chi connectivity index (χ2n) is 6.30. The first-order valence-electron chi connectivity index (χ1n) is 10.6. The summed E-state index contributed by atoms with van der Waals surface area (Å²) < 4.78 is 58.4. The molecule has 0 heterocycles. The fourth-order valence-electron chi connectivity index (χ4n) is 4.15. The number of hydrogen-bond donors (Lipinski definition) is 1. The summed E-state index contributed by atoms with van der Waals surface area (Å²) in [5.74, 6) is -3.41. The summed E-state index contributed by atoms with van der Waals surface area (Å²) in [5.41, 5.74) is -0.728. The lowest BCUT2D eigenvalue weighted by molar-refractivity contribution is -0.129. The largest absolute Gasteiger partial charge is 0.508 e. The van der Waals surface area contributed by atoms with E-state index < -0.39 is 53.5 Å². The van der Waals surface area contributed by atoms with Crippen LogP contribution in [0.1, 0.15) is 65.6 Å². The molecule has 20 heavy (non-hydrogen) atoms. The zero-order valence-electron chi connectivity index (χ0n) is 18.4. The molecule has 4 rings (SSSR count). The van der Waals surface area contributed by atoms with E-state index in [0.29, 0.717) is 6.42 Å². The molecule has 2 heteroatoms. The number of hydrogen-bond acceptors (Lipinski definition) is 2. The second kappa shape index (κ2) is 4.09. The van der Waals surface area contributed by atoms with Crippen molar-refractivity contribution in [3.8, 4) is 5.75 Å². The molecule has 0 unspecified atom stereocenters. The third kappa shape index (κ3) is 1.54. The molecule has 3 aliphatic rings. The Morgan fingerprint density at radius 2 is 2.30 bits per heavy atom. The number of phenols is 1. The van der Waals surface area contributed by atoms with E-state index >= 15 is 0 Å². The number of carbonyl (C=O) groups excluding carboxylic acids is 1. The molecular weight excluding hydrogens is 248 g/mol. The summed E-state index contributed by atoms with van der Waals surface area (Å²) in [6.07, 6.45) is -3.55. The molecule has 0 aliphatic heterocycles. The van der Waals surface area contributed by atoms with Crippen LogP contribution >= 0.6 is 0 Å². The number of phenolic OH excluding ortho intramolecular Hbond substituents is 1. The number of Topliss-reactive ketones (excluding diaryl/α,β-unsaturated/α-hetero) is 1. The number of ketones is 1. The van der Waals surface area contributed by atoms with Gasteiger partial charge in [0.05, 0.1) is 2.74 Å². The maximum Gasteiger partial charge on any atom is 0.139 e. The summed E-state index contributed by atoms with van der Waals surface area (Å²) in [5, 5.41) is 9.97. The molecule has 2 fully saturated rings. The van der Waals surface area contributed by atoms with Gasteiger partial charge in [-0.3, -0.25) is 4.79 Å². The minimum absolute atomic E-state index is 0.0292. The van der Waals surface area contributed by atoms with Crippen LogP contribution in [0.15, 0.2) is 18.2 Å². The van der Waals surface area contributed by atoms with E-state index in [1.807, 2.05) is 0 Å². The molecule has 2 nitrogen and oxygen atoms in total. The molecular formula is C18H22O2. The molecule has 1 aromatic carbocycles.